The number of likely N-dealkylation sites (tertiary alicyclic amines) is 1. The third-order valence-electron chi connectivity index (χ3n) is 3.42. The van der Waals surface area contributed by atoms with Crippen molar-refractivity contribution in [1.82, 2.24) is 4.90 Å². The van der Waals surface area contributed by atoms with Crippen molar-refractivity contribution in [3.63, 3.8) is 0 Å². The van der Waals surface area contributed by atoms with Crippen LogP contribution in [0.2, 0.25) is 0 Å². The summed E-state index contributed by atoms with van der Waals surface area (Å²) in [5.41, 5.74) is 0.986. The zero-order chi connectivity index (χ0) is 16.1. The second-order valence-electron chi connectivity index (χ2n) is 5.05. The summed E-state index contributed by atoms with van der Waals surface area (Å²) in [6.07, 6.45) is -1.59. The van der Waals surface area contributed by atoms with Gasteiger partial charge in [0.15, 0.2) is 5.12 Å². The molecule has 1 heterocycles. The quantitative estimate of drug-likeness (QED) is 0.894. The Bertz CT molecular complexity index is 550. The number of amides is 1. The van der Waals surface area contributed by atoms with Crippen LogP contribution in [0, 0.1) is 0 Å². The Morgan fingerprint density at radius 3 is 2.73 bits per heavy atom. The molecule has 1 aliphatic heterocycles. The molecule has 0 spiro atoms. The Hall–Kier alpha value is -1.73. The van der Waals surface area contributed by atoms with Gasteiger partial charge in [0.2, 0.25) is 0 Å². The number of ether oxygens (including phenoxy) is 2. The molecule has 1 aromatic carbocycles. The van der Waals surface area contributed by atoms with Gasteiger partial charge in [0.1, 0.15) is 18.0 Å². The Labute approximate surface area is 133 Å². The molecule has 6 nitrogen and oxygen atoms in total. The summed E-state index contributed by atoms with van der Waals surface area (Å²) in [6, 6.07) is 7.47. The van der Waals surface area contributed by atoms with Gasteiger partial charge in [-0.05, 0) is 17.7 Å². The Balaban J connectivity index is 2.01. The van der Waals surface area contributed by atoms with Crippen molar-refractivity contribution in [2.24, 2.45) is 0 Å². The summed E-state index contributed by atoms with van der Waals surface area (Å²) in [5, 5.41) is 9.12. The number of hydrogen-bond acceptors (Lipinski definition) is 5. The van der Waals surface area contributed by atoms with Crippen molar-refractivity contribution >= 4 is 23.0 Å². The molecule has 120 valence electrons. The number of methoxy groups -OCH3 is 1. The van der Waals surface area contributed by atoms with Crippen molar-refractivity contribution in [1.29, 1.82) is 0 Å². The molecule has 0 radical (unpaired) electrons. The lowest BCUT2D eigenvalue weighted by Crippen LogP contribution is -2.31. The van der Waals surface area contributed by atoms with Gasteiger partial charge in [-0.15, -0.1) is 0 Å². The summed E-state index contributed by atoms with van der Waals surface area (Å²) < 4.78 is 11.2. The molecule has 0 aliphatic carbocycles. The zero-order valence-electron chi connectivity index (χ0n) is 12.5. The number of hydrogen-bond donors (Lipinski definition) is 1. The second-order valence-corrected chi connectivity index (χ2v) is 6.20. The summed E-state index contributed by atoms with van der Waals surface area (Å²) in [6.45, 7) is 2.11. The molecule has 1 amide bonds. The minimum absolute atomic E-state index is 0.0682. The van der Waals surface area contributed by atoms with Crippen molar-refractivity contribution in [2.45, 2.75) is 24.9 Å². The van der Waals surface area contributed by atoms with Crippen molar-refractivity contribution in [3.8, 4) is 5.75 Å². The second kappa shape index (κ2) is 7.51. The largest absolute Gasteiger partial charge is 0.486 e. The molecule has 0 saturated carbocycles. The van der Waals surface area contributed by atoms with Crippen LogP contribution >= 0.6 is 11.8 Å². The van der Waals surface area contributed by atoms with Gasteiger partial charge in [-0.3, -0.25) is 4.79 Å². The normalized spacial score (nSPS) is 20.9. The first-order valence-electron chi connectivity index (χ1n) is 6.89. The minimum Gasteiger partial charge on any atom is -0.486 e. The number of carboxylic acid groups (broad SMARTS) is 1. The van der Waals surface area contributed by atoms with E-state index in [4.69, 9.17) is 14.6 Å². The van der Waals surface area contributed by atoms with Gasteiger partial charge < -0.3 is 19.5 Å². The zero-order valence-corrected chi connectivity index (χ0v) is 13.3. The standard InChI is InChI=1S/C15H19NO5S/c1-10(17)22-9-11-4-3-5-12(6-11)21-14-8-16(15(18)19)7-13(14)20-2/h3-6,13-14H,7-9H2,1-2H3,(H,18,19)/t13-,14-/m1/s1. The highest BCUT2D eigenvalue weighted by Crippen LogP contribution is 2.23. The fourth-order valence-corrected chi connectivity index (χ4v) is 2.86. The first-order valence-corrected chi connectivity index (χ1v) is 7.87. The summed E-state index contributed by atoms with van der Waals surface area (Å²) in [4.78, 5) is 23.3. The highest BCUT2D eigenvalue weighted by molar-refractivity contribution is 8.12. The third-order valence-corrected chi connectivity index (χ3v) is 4.30. The van der Waals surface area contributed by atoms with Crippen LogP contribution in [-0.2, 0) is 15.3 Å². The highest BCUT2D eigenvalue weighted by atomic mass is 32.2. The van der Waals surface area contributed by atoms with Crippen LogP contribution in [0.4, 0.5) is 4.79 Å². The summed E-state index contributed by atoms with van der Waals surface area (Å²) in [5.74, 6) is 1.24. The molecule has 22 heavy (non-hydrogen) atoms. The molecule has 0 bridgehead atoms. The first-order chi connectivity index (χ1) is 10.5. The van der Waals surface area contributed by atoms with Gasteiger partial charge >= 0.3 is 6.09 Å². The molecule has 1 fully saturated rings. The Kier molecular flexibility index (Phi) is 5.68. The number of rotatable bonds is 5. The smallest absolute Gasteiger partial charge is 0.407 e. The molecule has 1 aromatic rings. The number of carbonyl (C=O) groups excluding carboxylic acids is 1. The predicted octanol–water partition coefficient (Wildman–Crippen LogP) is 2.22. The first kappa shape index (κ1) is 16.6. The number of benzene rings is 1. The van der Waals surface area contributed by atoms with Crippen LogP contribution in [0.5, 0.6) is 5.75 Å². The van der Waals surface area contributed by atoms with Crippen LogP contribution < -0.4 is 4.74 Å². The van der Waals surface area contributed by atoms with Gasteiger partial charge in [-0.25, -0.2) is 4.79 Å². The lowest BCUT2D eigenvalue weighted by molar-refractivity contribution is -0.109. The van der Waals surface area contributed by atoms with E-state index in [0.717, 1.165) is 5.56 Å². The van der Waals surface area contributed by atoms with Crippen molar-refractivity contribution < 1.29 is 24.2 Å². The van der Waals surface area contributed by atoms with Crippen LogP contribution in [0.3, 0.4) is 0 Å². The fourth-order valence-electron chi connectivity index (χ4n) is 2.31. The minimum atomic E-state index is -0.972. The average molecular weight is 325 g/mol. The van der Waals surface area contributed by atoms with Gasteiger partial charge in [0.25, 0.3) is 0 Å². The van der Waals surface area contributed by atoms with Crippen LogP contribution in [-0.4, -0.2) is 53.6 Å². The fraction of sp³-hybridized carbons (Fsp3) is 0.467. The highest BCUT2D eigenvalue weighted by Gasteiger charge is 2.37. The van der Waals surface area contributed by atoms with E-state index < -0.39 is 6.09 Å². The monoisotopic (exact) mass is 325 g/mol. The topological polar surface area (TPSA) is 76.1 Å². The van der Waals surface area contributed by atoms with Crippen LogP contribution in [0.25, 0.3) is 0 Å². The van der Waals surface area contributed by atoms with E-state index in [1.807, 2.05) is 24.3 Å². The molecule has 1 aliphatic rings. The van der Waals surface area contributed by atoms with Gasteiger partial charge in [-0.2, -0.15) is 0 Å². The molecule has 2 rings (SSSR count). The molecule has 1 saturated heterocycles. The molecule has 7 heteroatoms. The van der Waals surface area contributed by atoms with E-state index >= 15 is 0 Å². The lowest BCUT2D eigenvalue weighted by Gasteiger charge is -2.19. The predicted molar refractivity (Wildman–Crippen MR) is 83.2 cm³/mol. The molecular formula is C15H19NO5S. The maximum Gasteiger partial charge on any atom is 0.407 e. The van der Waals surface area contributed by atoms with Crippen LogP contribution in [0.15, 0.2) is 24.3 Å². The average Bonchev–Trinajstić information content (AvgIpc) is 2.89. The van der Waals surface area contributed by atoms with Gasteiger partial charge in [0, 0.05) is 19.8 Å². The van der Waals surface area contributed by atoms with E-state index in [1.165, 1.54) is 23.6 Å². The molecule has 2 atom stereocenters. The van der Waals surface area contributed by atoms with Crippen LogP contribution in [0.1, 0.15) is 12.5 Å². The van der Waals surface area contributed by atoms with E-state index in [-0.39, 0.29) is 23.9 Å². The van der Waals surface area contributed by atoms with E-state index in [9.17, 15) is 9.59 Å². The molecule has 0 unspecified atom stereocenters. The number of nitrogens with zero attached hydrogens (tertiary/aromatic N) is 1. The Morgan fingerprint density at radius 2 is 2.09 bits per heavy atom. The number of carbonyl (C=O) groups is 2. The molecular weight excluding hydrogens is 306 g/mol. The maximum absolute atomic E-state index is 11.0. The van der Waals surface area contributed by atoms with Crippen molar-refractivity contribution in [2.75, 3.05) is 20.2 Å². The Morgan fingerprint density at radius 1 is 1.36 bits per heavy atom. The van der Waals surface area contributed by atoms with Crippen molar-refractivity contribution in [3.05, 3.63) is 29.8 Å². The lowest BCUT2D eigenvalue weighted by atomic mass is 10.2. The number of thioether (sulfide) groups is 1. The van der Waals surface area contributed by atoms with E-state index in [2.05, 4.69) is 0 Å². The SMILES string of the molecule is CO[C@@H]1CN(C(=O)O)C[C@H]1Oc1cccc(CSC(C)=O)c1. The molecule has 1 N–H and O–H groups in total. The summed E-state index contributed by atoms with van der Waals surface area (Å²) >= 11 is 1.24. The third kappa shape index (κ3) is 4.38. The van der Waals surface area contributed by atoms with E-state index in [1.54, 1.807) is 7.11 Å². The van der Waals surface area contributed by atoms with E-state index in [0.29, 0.717) is 18.0 Å². The summed E-state index contributed by atoms with van der Waals surface area (Å²) in [7, 11) is 1.55. The maximum atomic E-state index is 11.0. The van der Waals surface area contributed by atoms with Gasteiger partial charge in [0.05, 0.1) is 13.1 Å². The molecule has 0 aromatic heterocycles. The van der Waals surface area contributed by atoms with Gasteiger partial charge in [-0.1, -0.05) is 23.9 Å².